The van der Waals surface area contributed by atoms with Crippen LogP contribution >= 0.6 is 11.8 Å². The van der Waals surface area contributed by atoms with Gasteiger partial charge in [-0.25, -0.2) is 0 Å². The van der Waals surface area contributed by atoms with Crippen LogP contribution in [0.5, 0.6) is 5.75 Å². The lowest BCUT2D eigenvalue weighted by Crippen LogP contribution is -2.11. The van der Waals surface area contributed by atoms with Crippen LogP contribution in [0, 0.1) is 0 Å². The molecule has 0 saturated carbocycles. The molecule has 0 atom stereocenters. The molecule has 0 N–H and O–H groups in total. The summed E-state index contributed by atoms with van der Waals surface area (Å²) in [6, 6.07) is 26.7. The Labute approximate surface area is 204 Å². The third-order valence-electron chi connectivity index (χ3n) is 5.47. The molecule has 3 heterocycles. The highest BCUT2D eigenvalue weighted by Gasteiger charge is 2.18. The van der Waals surface area contributed by atoms with Crippen molar-refractivity contribution < 1.29 is 13.9 Å². The molecule has 0 bridgehead atoms. The van der Waals surface area contributed by atoms with E-state index in [2.05, 4.69) is 15.2 Å². The first-order valence-corrected chi connectivity index (χ1v) is 11.9. The van der Waals surface area contributed by atoms with Crippen LogP contribution in [0.2, 0.25) is 0 Å². The van der Waals surface area contributed by atoms with Crippen molar-refractivity contribution >= 4 is 39.7 Å². The molecule has 3 aromatic carbocycles. The summed E-state index contributed by atoms with van der Waals surface area (Å²) in [7, 11) is 0. The molecule has 0 saturated heterocycles. The lowest BCUT2D eigenvalue weighted by Gasteiger charge is -2.10. The third kappa shape index (κ3) is 4.15. The van der Waals surface area contributed by atoms with Crippen molar-refractivity contribution in [2.24, 2.45) is 0 Å². The molecule has 35 heavy (non-hydrogen) atoms. The molecule has 170 valence electrons. The third-order valence-corrected chi connectivity index (χ3v) is 6.37. The monoisotopic (exact) mass is 478 g/mol. The normalized spacial score (nSPS) is 11.2. The van der Waals surface area contributed by atoms with E-state index in [0.29, 0.717) is 16.7 Å². The van der Waals surface area contributed by atoms with Crippen molar-refractivity contribution in [1.82, 2.24) is 19.7 Å². The number of thioether (sulfide) groups is 1. The molecule has 0 unspecified atom stereocenters. The fourth-order valence-corrected chi connectivity index (χ4v) is 4.63. The molecular formula is C27H18N4O3S. The molecule has 0 fully saturated rings. The first kappa shape index (κ1) is 21.1. The van der Waals surface area contributed by atoms with E-state index in [9.17, 15) is 4.79 Å². The number of ether oxygens (including phenoxy) is 1. The minimum atomic E-state index is -0.382. The molecule has 0 spiro atoms. The van der Waals surface area contributed by atoms with Gasteiger partial charge in [0.15, 0.2) is 11.0 Å². The van der Waals surface area contributed by atoms with E-state index in [-0.39, 0.29) is 11.7 Å². The van der Waals surface area contributed by atoms with E-state index < -0.39 is 0 Å². The molecule has 3 aromatic heterocycles. The van der Waals surface area contributed by atoms with Crippen LogP contribution in [0.15, 0.2) is 107 Å². The van der Waals surface area contributed by atoms with Crippen LogP contribution in [-0.2, 0) is 4.79 Å². The number of rotatable bonds is 6. The zero-order valence-electron chi connectivity index (χ0n) is 18.4. The lowest BCUT2D eigenvalue weighted by molar-refractivity contribution is -0.131. The van der Waals surface area contributed by atoms with Crippen LogP contribution in [0.1, 0.15) is 0 Å². The summed E-state index contributed by atoms with van der Waals surface area (Å²) in [5.41, 5.74) is 3.27. The number of pyridine rings is 1. The highest BCUT2D eigenvalue weighted by Crippen LogP contribution is 2.32. The maximum absolute atomic E-state index is 12.7. The summed E-state index contributed by atoms with van der Waals surface area (Å²) in [6.45, 7) is 0. The largest absolute Gasteiger partial charge is 0.456 e. The van der Waals surface area contributed by atoms with Gasteiger partial charge < -0.3 is 9.15 Å². The Morgan fingerprint density at radius 1 is 0.886 bits per heavy atom. The Morgan fingerprint density at radius 2 is 1.71 bits per heavy atom. The van der Waals surface area contributed by atoms with Crippen LogP contribution < -0.4 is 4.74 Å². The topological polar surface area (TPSA) is 83.0 Å². The Hall–Kier alpha value is -4.43. The average Bonchev–Trinajstić information content (AvgIpc) is 3.50. The fraction of sp³-hybridized carbons (Fsp3) is 0.0370. The van der Waals surface area contributed by atoms with Crippen molar-refractivity contribution in [1.29, 1.82) is 0 Å². The number of nitrogens with zero attached hydrogens (tertiary/aromatic N) is 4. The SMILES string of the molecule is O=C(CSc1nnc(-c2cccnc2)n1-c1ccccc1)Oc1ccc2oc3ccccc3c2c1. The van der Waals surface area contributed by atoms with E-state index in [1.54, 1.807) is 18.5 Å². The van der Waals surface area contributed by atoms with Gasteiger partial charge in [-0.1, -0.05) is 48.2 Å². The molecule has 0 radical (unpaired) electrons. The van der Waals surface area contributed by atoms with Gasteiger partial charge in [0, 0.05) is 34.4 Å². The molecular weight excluding hydrogens is 460 g/mol. The Balaban J connectivity index is 1.24. The highest BCUT2D eigenvalue weighted by atomic mass is 32.2. The second kappa shape index (κ2) is 9.08. The molecule has 6 rings (SSSR count). The predicted octanol–water partition coefficient (Wildman–Crippen LogP) is 5.93. The predicted molar refractivity (Wildman–Crippen MR) is 135 cm³/mol. The van der Waals surface area contributed by atoms with Gasteiger partial charge in [0.1, 0.15) is 16.9 Å². The van der Waals surface area contributed by atoms with Crippen LogP contribution in [0.4, 0.5) is 0 Å². The molecule has 8 heteroatoms. The minimum absolute atomic E-state index is 0.0716. The number of benzene rings is 3. The number of esters is 1. The molecule has 7 nitrogen and oxygen atoms in total. The van der Waals surface area contributed by atoms with Gasteiger partial charge in [0.2, 0.25) is 0 Å². The van der Waals surface area contributed by atoms with Crippen LogP contribution in [-0.4, -0.2) is 31.5 Å². The van der Waals surface area contributed by atoms with Gasteiger partial charge in [-0.15, -0.1) is 10.2 Å². The molecule has 0 aliphatic rings. The number of para-hydroxylation sites is 2. The average molecular weight is 479 g/mol. The van der Waals surface area contributed by atoms with E-state index in [1.807, 2.05) is 83.4 Å². The number of hydrogen-bond acceptors (Lipinski definition) is 7. The fourth-order valence-electron chi connectivity index (χ4n) is 3.91. The smallest absolute Gasteiger partial charge is 0.321 e. The molecule has 0 amide bonds. The van der Waals surface area contributed by atoms with E-state index in [4.69, 9.17) is 9.15 Å². The zero-order valence-corrected chi connectivity index (χ0v) is 19.2. The number of hydrogen-bond donors (Lipinski definition) is 0. The number of furan rings is 1. The summed E-state index contributed by atoms with van der Waals surface area (Å²) in [5.74, 6) is 0.808. The summed E-state index contributed by atoms with van der Waals surface area (Å²) < 4.78 is 13.4. The lowest BCUT2D eigenvalue weighted by atomic mass is 10.1. The standard InChI is InChI=1S/C27H18N4O3S/c32-25(33-20-12-13-24-22(15-20)21-10-4-5-11-23(21)34-24)17-35-27-30-29-26(18-7-6-14-28-16-18)31(27)19-8-2-1-3-9-19/h1-16H,17H2. The van der Waals surface area contributed by atoms with Crippen molar-refractivity contribution in [2.45, 2.75) is 5.16 Å². The summed E-state index contributed by atoms with van der Waals surface area (Å²) >= 11 is 1.27. The van der Waals surface area contributed by atoms with Gasteiger partial charge >= 0.3 is 5.97 Å². The van der Waals surface area contributed by atoms with Gasteiger partial charge in [0.05, 0.1) is 5.75 Å². The van der Waals surface area contributed by atoms with Crippen molar-refractivity contribution in [2.75, 3.05) is 5.75 Å². The number of aromatic nitrogens is 4. The number of carbonyl (C=O) groups excluding carboxylic acids is 1. The highest BCUT2D eigenvalue weighted by molar-refractivity contribution is 7.99. The van der Waals surface area contributed by atoms with E-state index in [0.717, 1.165) is 33.2 Å². The number of fused-ring (bicyclic) bond motifs is 3. The maximum Gasteiger partial charge on any atom is 0.321 e. The molecule has 6 aromatic rings. The van der Waals surface area contributed by atoms with Gasteiger partial charge in [-0.05, 0) is 48.5 Å². The molecule has 0 aliphatic heterocycles. The Bertz CT molecular complexity index is 1650. The second-order valence-corrected chi connectivity index (χ2v) is 8.68. The maximum atomic E-state index is 12.7. The van der Waals surface area contributed by atoms with Gasteiger partial charge in [-0.3, -0.25) is 14.3 Å². The number of carbonyl (C=O) groups is 1. The molecule has 0 aliphatic carbocycles. The summed E-state index contributed by atoms with van der Waals surface area (Å²) in [6.07, 6.45) is 3.45. The van der Waals surface area contributed by atoms with E-state index >= 15 is 0 Å². The Kier molecular flexibility index (Phi) is 5.48. The van der Waals surface area contributed by atoms with Crippen LogP contribution in [0.25, 0.3) is 39.0 Å². The van der Waals surface area contributed by atoms with E-state index in [1.165, 1.54) is 11.8 Å². The first-order valence-electron chi connectivity index (χ1n) is 10.9. The van der Waals surface area contributed by atoms with Crippen molar-refractivity contribution in [3.63, 3.8) is 0 Å². The quantitative estimate of drug-likeness (QED) is 0.167. The summed E-state index contributed by atoms with van der Waals surface area (Å²) in [4.78, 5) is 16.9. The summed E-state index contributed by atoms with van der Waals surface area (Å²) in [5, 5.41) is 11.2. The van der Waals surface area contributed by atoms with Gasteiger partial charge in [-0.2, -0.15) is 0 Å². The second-order valence-electron chi connectivity index (χ2n) is 7.74. The Morgan fingerprint density at radius 3 is 2.57 bits per heavy atom. The van der Waals surface area contributed by atoms with Crippen molar-refractivity contribution in [3.05, 3.63) is 97.3 Å². The first-order chi connectivity index (χ1) is 17.3. The zero-order chi connectivity index (χ0) is 23.6. The van der Waals surface area contributed by atoms with Crippen molar-refractivity contribution in [3.8, 4) is 22.8 Å². The van der Waals surface area contributed by atoms with Crippen LogP contribution in [0.3, 0.4) is 0 Å². The minimum Gasteiger partial charge on any atom is -0.456 e. The van der Waals surface area contributed by atoms with Gasteiger partial charge in [0.25, 0.3) is 0 Å².